The van der Waals surface area contributed by atoms with Crippen molar-refractivity contribution in [3.8, 4) is 0 Å². The van der Waals surface area contributed by atoms with Crippen LogP contribution >= 0.6 is 0 Å². The highest BCUT2D eigenvalue weighted by Gasteiger charge is 2.34. The summed E-state index contributed by atoms with van der Waals surface area (Å²) in [7, 11) is 0. The largest absolute Gasteiger partial charge is 0.459 e. The van der Waals surface area contributed by atoms with Gasteiger partial charge in [-0.1, -0.05) is 20.8 Å². The number of carbonyl (C=O) groups excluding carboxylic acids is 2. The van der Waals surface area contributed by atoms with Gasteiger partial charge in [0.15, 0.2) is 5.76 Å². The molecule has 140 valence electrons. The zero-order chi connectivity index (χ0) is 19.5. The van der Waals surface area contributed by atoms with E-state index in [4.69, 9.17) is 4.42 Å². The highest BCUT2D eigenvalue weighted by atomic mass is 19.4. The Morgan fingerprint density at radius 1 is 1.08 bits per heavy atom. The van der Waals surface area contributed by atoms with Crippen LogP contribution in [-0.2, 0) is 11.0 Å². The first-order chi connectivity index (χ1) is 12.0. The molecule has 26 heavy (non-hydrogen) atoms. The van der Waals surface area contributed by atoms with E-state index in [-0.39, 0.29) is 29.0 Å². The number of rotatable bonds is 4. The molecular formula is C18H19F3N2O3. The molecular weight excluding hydrogens is 349 g/mol. The molecule has 2 amide bonds. The number of nitrogens with one attached hydrogen (secondary N) is 2. The van der Waals surface area contributed by atoms with Gasteiger partial charge in [0.1, 0.15) is 0 Å². The lowest BCUT2D eigenvalue weighted by atomic mass is 9.92. The molecule has 0 aliphatic carbocycles. The quantitative estimate of drug-likeness (QED) is 0.804. The summed E-state index contributed by atoms with van der Waals surface area (Å²) in [5.41, 5.74) is -1.83. The number of furan rings is 1. The van der Waals surface area contributed by atoms with E-state index in [0.29, 0.717) is 0 Å². The Labute approximate surface area is 148 Å². The minimum absolute atomic E-state index is 0.0267. The maximum Gasteiger partial charge on any atom is 0.418 e. The van der Waals surface area contributed by atoms with Crippen LogP contribution < -0.4 is 10.6 Å². The summed E-state index contributed by atoms with van der Waals surface area (Å²) in [5, 5.41) is 4.62. The van der Waals surface area contributed by atoms with Crippen molar-refractivity contribution >= 4 is 23.2 Å². The number of anilines is 2. The Hall–Kier alpha value is -2.77. The first-order valence-corrected chi connectivity index (χ1v) is 7.82. The number of hydrogen-bond acceptors (Lipinski definition) is 3. The number of amides is 2. The SMILES string of the molecule is CC(C)(C)CC(=O)Nc1ccc(NC(=O)c2ccco2)cc1C(F)(F)F. The summed E-state index contributed by atoms with van der Waals surface area (Å²) >= 11 is 0. The molecule has 0 atom stereocenters. The molecule has 0 saturated carbocycles. The van der Waals surface area contributed by atoms with Crippen LogP contribution in [0.2, 0.25) is 0 Å². The van der Waals surface area contributed by atoms with Crippen molar-refractivity contribution in [3.05, 3.63) is 47.9 Å². The van der Waals surface area contributed by atoms with Crippen LogP contribution in [0.25, 0.3) is 0 Å². The van der Waals surface area contributed by atoms with Gasteiger partial charge in [0, 0.05) is 12.1 Å². The standard InChI is InChI=1S/C18H19F3N2O3/c1-17(2,3)10-15(24)23-13-7-6-11(9-12(13)18(19,20)21)22-16(25)14-5-4-8-26-14/h4-9H,10H2,1-3H3,(H,22,25)(H,23,24). The molecule has 0 fully saturated rings. The molecule has 1 aromatic heterocycles. The molecule has 0 unspecified atom stereocenters. The van der Waals surface area contributed by atoms with E-state index in [2.05, 4.69) is 10.6 Å². The summed E-state index contributed by atoms with van der Waals surface area (Å²) in [4.78, 5) is 23.9. The van der Waals surface area contributed by atoms with Crippen molar-refractivity contribution in [2.24, 2.45) is 5.41 Å². The number of carbonyl (C=O) groups is 2. The topological polar surface area (TPSA) is 71.3 Å². The first-order valence-electron chi connectivity index (χ1n) is 7.82. The van der Waals surface area contributed by atoms with Gasteiger partial charge in [0.05, 0.1) is 17.5 Å². The normalized spacial score (nSPS) is 11.9. The fourth-order valence-electron chi connectivity index (χ4n) is 2.24. The smallest absolute Gasteiger partial charge is 0.418 e. The van der Waals surface area contributed by atoms with Gasteiger partial charge in [-0.15, -0.1) is 0 Å². The van der Waals surface area contributed by atoms with Crippen molar-refractivity contribution in [1.82, 2.24) is 0 Å². The predicted octanol–water partition coefficient (Wildman–Crippen LogP) is 4.93. The second kappa shape index (κ2) is 7.23. The Balaban J connectivity index is 2.24. The zero-order valence-corrected chi connectivity index (χ0v) is 14.5. The lowest BCUT2D eigenvalue weighted by Gasteiger charge is -2.19. The second-order valence-electron chi connectivity index (χ2n) is 6.98. The molecule has 5 nitrogen and oxygen atoms in total. The number of benzene rings is 1. The molecule has 0 radical (unpaired) electrons. The van der Waals surface area contributed by atoms with Crippen molar-refractivity contribution in [3.63, 3.8) is 0 Å². The van der Waals surface area contributed by atoms with Crippen molar-refractivity contribution in [2.75, 3.05) is 10.6 Å². The lowest BCUT2D eigenvalue weighted by molar-refractivity contribution is -0.136. The molecule has 1 aromatic carbocycles. The molecule has 0 aliphatic rings. The number of halogens is 3. The van der Waals surface area contributed by atoms with Crippen LogP contribution in [0.5, 0.6) is 0 Å². The molecule has 2 aromatic rings. The molecule has 2 rings (SSSR count). The van der Waals surface area contributed by atoms with Gasteiger partial charge in [0.25, 0.3) is 5.91 Å². The van der Waals surface area contributed by atoms with Gasteiger partial charge in [0.2, 0.25) is 5.91 Å². The number of alkyl halides is 3. The van der Waals surface area contributed by atoms with E-state index in [0.717, 1.165) is 12.1 Å². The minimum Gasteiger partial charge on any atom is -0.459 e. The van der Waals surface area contributed by atoms with Gasteiger partial charge < -0.3 is 15.1 Å². The molecule has 0 spiro atoms. The third-order valence-corrected chi connectivity index (χ3v) is 3.29. The summed E-state index contributed by atoms with van der Waals surface area (Å²) < 4.78 is 44.9. The van der Waals surface area contributed by atoms with Crippen LogP contribution in [0.1, 0.15) is 43.3 Å². The Morgan fingerprint density at radius 2 is 1.77 bits per heavy atom. The van der Waals surface area contributed by atoms with Crippen molar-refractivity contribution < 1.29 is 27.2 Å². The average Bonchev–Trinajstić information content (AvgIpc) is 3.00. The molecule has 2 N–H and O–H groups in total. The Bertz CT molecular complexity index is 791. The van der Waals surface area contributed by atoms with Gasteiger partial charge in [-0.3, -0.25) is 9.59 Å². The third-order valence-electron chi connectivity index (χ3n) is 3.29. The van der Waals surface area contributed by atoms with E-state index in [1.54, 1.807) is 0 Å². The second-order valence-corrected chi connectivity index (χ2v) is 6.98. The van der Waals surface area contributed by atoms with E-state index in [9.17, 15) is 22.8 Å². The zero-order valence-electron chi connectivity index (χ0n) is 14.5. The monoisotopic (exact) mass is 368 g/mol. The summed E-state index contributed by atoms with van der Waals surface area (Å²) in [6, 6.07) is 6.04. The highest BCUT2D eigenvalue weighted by molar-refractivity contribution is 6.02. The Kier molecular flexibility index (Phi) is 5.44. The molecule has 8 heteroatoms. The summed E-state index contributed by atoms with van der Waals surface area (Å²) in [6.07, 6.45) is -3.35. The highest BCUT2D eigenvalue weighted by Crippen LogP contribution is 2.37. The molecule has 0 bridgehead atoms. The molecule has 0 aliphatic heterocycles. The van der Waals surface area contributed by atoms with Gasteiger partial charge in [-0.05, 0) is 35.7 Å². The van der Waals surface area contributed by atoms with Crippen LogP contribution in [0.15, 0.2) is 41.0 Å². The third kappa shape index (κ3) is 5.37. The van der Waals surface area contributed by atoms with Crippen molar-refractivity contribution in [1.29, 1.82) is 0 Å². The van der Waals surface area contributed by atoms with Crippen LogP contribution in [0, 0.1) is 5.41 Å². The lowest BCUT2D eigenvalue weighted by Crippen LogP contribution is -2.22. The van der Waals surface area contributed by atoms with Crippen LogP contribution in [0.3, 0.4) is 0 Å². The van der Waals surface area contributed by atoms with Crippen LogP contribution in [0.4, 0.5) is 24.5 Å². The summed E-state index contributed by atoms with van der Waals surface area (Å²) in [6.45, 7) is 5.43. The maximum absolute atomic E-state index is 13.3. The van der Waals surface area contributed by atoms with Gasteiger partial charge >= 0.3 is 6.18 Å². The maximum atomic E-state index is 13.3. The number of hydrogen-bond donors (Lipinski definition) is 2. The average molecular weight is 368 g/mol. The van der Waals surface area contributed by atoms with E-state index in [1.165, 1.54) is 24.5 Å². The van der Waals surface area contributed by atoms with E-state index < -0.39 is 23.6 Å². The van der Waals surface area contributed by atoms with Crippen LogP contribution in [-0.4, -0.2) is 11.8 Å². The first kappa shape index (κ1) is 19.6. The fraction of sp³-hybridized carbons (Fsp3) is 0.333. The fourth-order valence-corrected chi connectivity index (χ4v) is 2.24. The molecule has 1 heterocycles. The molecule has 0 saturated heterocycles. The van der Waals surface area contributed by atoms with Gasteiger partial charge in [-0.25, -0.2) is 0 Å². The Morgan fingerprint density at radius 3 is 2.31 bits per heavy atom. The predicted molar refractivity (Wildman–Crippen MR) is 90.8 cm³/mol. The van der Waals surface area contributed by atoms with E-state index >= 15 is 0 Å². The van der Waals surface area contributed by atoms with E-state index in [1.807, 2.05) is 20.8 Å². The van der Waals surface area contributed by atoms with Crippen molar-refractivity contribution in [2.45, 2.75) is 33.4 Å². The van der Waals surface area contributed by atoms with Gasteiger partial charge in [-0.2, -0.15) is 13.2 Å². The summed E-state index contributed by atoms with van der Waals surface area (Å²) in [5.74, 6) is -1.22. The minimum atomic E-state index is -4.70.